The molecule has 1 aromatic heterocycles. The summed E-state index contributed by atoms with van der Waals surface area (Å²) in [4.78, 5) is 29.1. The number of nitriles is 1. The molecule has 0 aliphatic rings. The lowest BCUT2D eigenvalue weighted by Crippen LogP contribution is -2.40. The van der Waals surface area contributed by atoms with Crippen molar-refractivity contribution in [1.82, 2.24) is 5.32 Å². The van der Waals surface area contributed by atoms with Crippen molar-refractivity contribution in [2.45, 2.75) is 97.3 Å². The number of pyridine rings is 1. The fourth-order valence-corrected chi connectivity index (χ4v) is 4.54. The Morgan fingerprint density at radius 1 is 0.915 bits per heavy atom. The number of nitrogens with zero attached hydrogens (tertiary/aromatic N) is 4. The van der Waals surface area contributed by atoms with Gasteiger partial charge < -0.3 is 34.9 Å². The number of aliphatic imine (C=N–C) groups is 1. The third kappa shape index (κ3) is 18.5. The Kier molecular flexibility index (Phi) is 18.5. The number of nitrogens with one attached hydrogen (secondary N) is 1. The van der Waals surface area contributed by atoms with E-state index in [1.807, 2.05) is 45.0 Å². The van der Waals surface area contributed by atoms with Crippen LogP contribution in [0, 0.1) is 11.5 Å². The first-order valence-corrected chi connectivity index (χ1v) is 16.6. The smallest absolute Gasteiger partial charge is 0.494 e. The molecule has 13 heteroatoms. The molecular weight excluding hydrogens is 624 g/mol. The number of guanidine groups is 1. The van der Waals surface area contributed by atoms with Crippen LogP contribution in [0.25, 0.3) is 0 Å². The SMILES string of the molecule is CC(C)(C)OC(=O)NCCCCCCCCOC(=O)OC[n+]1ccc(N(CCCCCCOc2ccc(Cl)cc2)C(N)=NC#N)cc1. The Hall–Kier alpha value is -4.24. The van der Waals surface area contributed by atoms with Gasteiger partial charge in [0.05, 0.1) is 18.9 Å². The molecule has 0 saturated carbocycles. The number of alkyl carbamates (subject to hydrolysis) is 1. The van der Waals surface area contributed by atoms with Gasteiger partial charge in [-0.1, -0.05) is 50.1 Å². The number of carbonyl (C=O) groups is 2. The van der Waals surface area contributed by atoms with Gasteiger partial charge in [0.1, 0.15) is 11.4 Å². The summed E-state index contributed by atoms with van der Waals surface area (Å²) in [5.41, 5.74) is 6.36. The molecule has 1 amide bonds. The van der Waals surface area contributed by atoms with Crippen LogP contribution in [0.3, 0.4) is 0 Å². The van der Waals surface area contributed by atoms with Gasteiger partial charge in [0.15, 0.2) is 12.4 Å². The zero-order valence-corrected chi connectivity index (χ0v) is 28.7. The molecule has 0 aliphatic carbocycles. The number of unbranched alkanes of at least 4 members (excludes halogenated alkanes) is 8. The van der Waals surface area contributed by atoms with Crippen molar-refractivity contribution in [3.63, 3.8) is 0 Å². The lowest BCUT2D eigenvalue weighted by Gasteiger charge is -2.22. The van der Waals surface area contributed by atoms with Gasteiger partial charge in [0, 0.05) is 30.2 Å². The topological polar surface area (TPSA) is 152 Å². The number of hydrogen-bond acceptors (Lipinski definition) is 8. The van der Waals surface area contributed by atoms with Gasteiger partial charge in [-0.05, 0) is 70.7 Å². The second kappa shape index (κ2) is 22.3. The van der Waals surface area contributed by atoms with Crippen LogP contribution in [-0.2, 0) is 20.9 Å². The van der Waals surface area contributed by atoms with Crippen molar-refractivity contribution >= 4 is 35.5 Å². The van der Waals surface area contributed by atoms with Gasteiger partial charge in [0.25, 0.3) is 6.73 Å². The average Bonchev–Trinajstić information content (AvgIpc) is 3.02. The lowest BCUT2D eigenvalue weighted by molar-refractivity contribution is -0.727. The molecule has 0 spiro atoms. The monoisotopic (exact) mass is 673 g/mol. The summed E-state index contributed by atoms with van der Waals surface area (Å²) in [6, 6.07) is 10.9. The van der Waals surface area contributed by atoms with Crippen molar-refractivity contribution in [1.29, 1.82) is 5.26 Å². The van der Waals surface area contributed by atoms with Crippen molar-refractivity contribution in [3.8, 4) is 11.9 Å². The normalized spacial score (nSPS) is 11.3. The summed E-state index contributed by atoms with van der Waals surface area (Å²) in [6.07, 6.45) is 13.5. The van der Waals surface area contributed by atoms with E-state index >= 15 is 0 Å². The van der Waals surface area contributed by atoms with Gasteiger partial charge in [-0.2, -0.15) is 9.83 Å². The van der Waals surface area contributed by atoms with E-state index in [9.17, 15) is 9.59 Å². The molecule has 0 fully saturated rings. The van der Waals surface area contributed by atoms with Crippen LogP contribution in [-0.4, -0.2) is 50.1 Å². The van der Waals surface area contributed by atoms with Gasteiger partial charge in [-0.3, -0.25) is 0 Å². The van der Waals surface area contributed by atoms with Crippen molar-refractivity contribution in [2.75, 3.05) is 31.2 Å². The Balaban J connectivity index is 1.59. The second-order valence-corrected chi connectivity index (χ2v) is 12.4. The maximum absolute atomic E-state index is 12.0. The van der Waals surface area contributed by atoms with E-state index in [1.165, 1.54) is 0 Å². The maximum Gasteiger partial charge on any atom is 0.513 e. The first-order chi connectivity index (χ1) is 22.6. The number of carbonyl (C=O) groups excluding carboxylic acids is 2. The predicted molar refractivity (Wildman–Crippen MR) is 181 cm³/mol. The van der Waals surface area contributed by atoms with Crippen LogP contribution in [0.15, 0.2) is 53.8 Å². The standard InChI is InChI=1S/C34H49ClN6O6/c1-34(2,3)47-32(42)38-20-10-6-4-5-8-13-25-45-33(43)46-27-40-22-18-29(19-23-40)41(31(37)39-26-36)21-11-7-9-12-24-44-30-16-14-28(35)15-17-30/h14-19,22-23H,4-13,20-21,24-25,27H2,1-3H3,(H2-,37,38,39,42)/p+1. The highest BCUT2D eigenvalue weighted by Crippen LogP contribution is 2.17. The molecule has 1 aromatic carbocycles. The number of anilines is 1. The number of ether oxygens (including phenoxy) is 4. The molecule has 0 unspecified atom stereocenters. The molecule has 1 heterocycles. The molecule has 258 valence electrons. The Morgan fingerprint density at radius 2 is 1.53 bits per heavy atom. The summed E-state index contributed by atoms with van der Waals surface area (Å²) >= 11 is 5.90. The summed E-state index contributed by atoms with van der Waals surface area (Å²) in [6.45, 7) is 7.61. The van der Waals surface area contributed by atoms with E-state index < -0.39 is 11.8 Å². The predicted octanol–water partition coefficient (Wildman–Crippen LogP) is 6.85. The first-order valence-electron chi connectivity index (χ1n) is 16.2. The average molecular weight is 674 g/mol. The van der Waals surface area contributed by atoms with Crippen LogP contribution in [0.5, 0.6) is 5.75 Å². The molecule has 2 aromatic rings. The van der Waals surface area contributed by atoms with E-state index in [4.69, 9.17) is 41.5 Å². The minimum atomic E-state index is -0.722. The first kappa shape index (κ1) is 38.9. The van der Waals surface area contributed by atoms with E-state index in [1.54, 1.807) is 40.2 Å². The second-order valence-electron chi connectivity index (χ2n) is 11.9. The van der Waals surface area contributed by atoms with Gasteiger partial charge in [-0.25, -0.2) is 9.59 Å². The van der Waals surface area contributed by atoms with Crippen molar-refractivity contribution in [3.05, 3.63) is 53.8 Å². The molecule has 2 rings (SSSR count). The number of halogens is 1. The third-order valence-corrected chi connectivity index (χ3v) is 7.03. The fourth-order valence-electron chi connectivity index (χ4n) is 4.41. The van der Waals surface area contributed by atoms with Crippen molar-refractivity contribution < 1.29 is 33.1 Å². The summed E-state index contributed by atoms with van der Waals surface area (Å²) < 4.78 is 23.0. The minimum Gasteiger partial charge on any atom is -0.494 e. The number of benzene rings is 1. The molecule has 3 N–H and O–H groups in total. The molecule has 0 atom stereocenters. The molecule has 12 nitrogen and oxygen atoms in total. The van der Waals surface area contributed by atoms with Crippen LogP contribution in [0.1, 0.15) is 85.0 Å². The van der Waals surface area contributed by atoms with E-state index in [2.05, 4.69) is 10.3 Å². The maximum atomic E-state index is 12.0. The van der Waals surface area contributed by atoms with Gasteiger partial charge in [-0.15, -0.1) is 4.99 Å². The Morgan fingerprint density at radius 3 is 2.19 bits per heavy atom. The van der Waals surface area contributed by atoms with E-state index in [-0.39, 0.29) is 18.8 Å². The zero-order chi connectivity index (χ0) is 34.3. The molecule has 0 aliphatic heterocycles. The minimum absolute atomic E-state index is 0.00367. The molecule has 0 bridgehead atoms. The third-order valence-electron chi connectivity index (χ3n) is 6.78. The van der Waals surface area contributed by atoms with Crippen LogP contribution < -0.4 is 25.3 Å². The fraction of sp³-hybridized carbons (Fsp3) is 0.559. The number of rotatable bonds is 20. The van der Waals surface area contributed by atoms with Gasteiger partial charge in [0.2, 0.25) is 12.2 Å². The Bertz CT molecular complexity index is 1260. The molecule has 0 saturated heterocycles. The number of nitrogens with two attached hydrogens (primary N) is 1. The largest absolute Gasteiger partial charge is 0.513 e. The zero-order valence-electron chi connectivity index (χ0n) is 27.9. The van der Waals surface area contributed by atoms with E-state index in [0.717, 1.165) is 75.6 Å². The van der Waals surface area contributed by atoms with Gasteiger partial charge >= 0.3 is 12.2 Å². The van der Waals surface area contributed by atoms with E-state index in [0.29, 0.717) is 31.3 Å². The number of hydrogen-bond donors (Lipinski definition) is 2. The highest BCUT2D eigenvalue weighted by Gasteiger charge is 2.16. The highest BCUT2D eigenvalue weighted by molar-refractivity contribution is 6.30. The summed E-state index contributed by atoms with van der Waals surface area (Å²) in [7, 11) is 0. The molecular formula is C34H50ClN6O6+. The Labute approximate surface area is 283 Å². The summed E-state index contributed by atoms with van der Waals surface area (Å²) in [5.74, 6) is 0.915. The van der Waals surface area contributed by atoms with Crippen molar-refractivity contribution in [2.24, 2.45) is 10.7 Å². The van der Waals surface area contributed by atoms with Crippen LogP contribution >= 0.6 is 11.6 Å². The number of amides is 1. The van der Waals surface area contributed by atoms with Crippen LogP contribution in [0.2, 0.25) is 5.02 Å². The molecule has 0 radical (unpaired) electrons. The quantitative estimate of drug-likeness (QED) is 0.0384. The molecule has 47 heavy (non-hydrogen) atoms. The summed E-state index contributed by atoms with van der Waals surface area (Å²) in [5, 5.41) is 12.5. The van der Waals surface area contributed by atoms with Crippen LogP contribution in [0.4, 0.5) is 15.3 Å². The lowest BCUT2D eigenvalue weighted by atomic mass is 10.1. The number of aromatic nitrogens is 1. The highest BCUT2D eigenvalue weighted by atomic mass is 35.5.